The minimum Gasteiger partial charge on any atom is -0.445 e. The van der Waals surface area contributed by atoms with Gasteiger partial charge in [0.25, 0.3) is 5.91 Å². The molecule has 0 unspecified atom stereocenters. The molecule has 1 atom stereocenters. The summed E-state index contributed by atoms with van der Waals surface area (Å²) < 4.78 is 29.5. The van der Waals surface area contributed by atoms with Crippen molar-refractivity contribution in [1.82, 2.24) is 15.1 Å². The van der Waals surface area contributed by atoms with Gasteiger partial charge in [0.15, 0.2) is 18.7 Å². The second-order valence-electron chi connectivity index (χ2n) is 12.4. The van der Waals surface area contributed by atoms with E-state index in [2.05, 4.69) is 5.32 Å². The monoisotopic (exact) mass is 692 g/mol. The van der Waals surface area contributed by atoms with Crippen molar-refractivity contribution in [2.24, 2.45) is 5.73 Å². The molecule has 0 aromatic heterocycles. The molecule has 0 heterocycles. The van der Waals surface area contributed by atoms with Crippen molar-refractivity contribution in [1.29, 1.82) is 0 Å². The number of alkyl halides is 1. The lowest BCUT2D eigenvalue weighted by Gasteiger charge is -2.32. The summed E-state index contributed by atoms with van der Waals surface area (Å²) in [7, 11) is 0. The number of halogens is 1. The van der Waals surface area contributed by atoms with Crippen LogP contribution in [0, 0.1) is 0 Å². The third-order valence-electron chi connectivity index (χ3n) is 7.41. The maximum absolute atomic E-state index is 14.1. The van der Waals surface area contributed by atoms with Gasteiger partial charge in [-0.15, -0.1) is 0 Å². The van der Waals surface area contributed by atoms with E-state index in [9.17, 15) is 28.4 Å². The second-order valence-corrected chi connectivity index (χ2v) is 12.4. The highest BCUT2D eigenvalue weighted by molar-refractivity contribution is 5.86. The molecule has 4 amide bonds. The van der Waals surface area contributed by atoms with Gasteiger partial charge in [-0.05, 0) is 37.5 Å². The smallest absolute Gasteiger partial charge is 0.412 e. The van der Waals surface area contributed by atoms with Crippen LogP contribution in [0.15, 0.2) is 91.0 Å². The van der Waals surface area contributed by atoms with E-state index in [0.717, 1.165) is 21.6 Å². The minimum absolute atomic E-state index is 0.0263. The number of ketones is 1. The highest BCUT2D eigenvalue weighted by Gasteiger charge is 2.32. The molecule has 0 saturated heterocycles. The molecule has 0 bridgehead atoms. The number of primary amides is 1. The quantitative estimate of drug-likeness (QED) is 0.138. The van der Waals surface area contributed by atoms with Crippen LogP contribution < -0.4 is 11.1 Å². The van der Waals surface area contributed by atoms with Crippen molar-refractivity contribution in [3.63, 3.8) is 0 Å². The standard InChI is InChI=1S/C37H45FN4O8/c1-37(2,3)50-36(47)42(26-38)22-20-32(49-34(39)45)33(44)41(24-31(28-15-9-5-10-16-28)29-17-11-6-12-18-29)21-19-30(43)23-40-35(46)48-25-27-13-7-4-8-14-27/h4-18,31-32H,19-26H2,1-3H3,(H2,39,45)(H,40,46)/t32-/m0/s1. The number of nitrogens with zero attached hydrogens (tertiary/aromatic N) is 2. The van der Waals surface area contributed by atoms with Gasteiger partial charge in [-0.1, -0.05) is 91.0 Å². The molecule has 0 spiro atoms. The van der Waals surface area contributed by atoms with E-state index >= 15 is 0 Å². The summed E-state index contributed by atoms with van der Waals surface area (Å²) in [5, 5.41) is 2.43. The lowest BCUT2D eigenvalue weighted by atomic mass is 9.90. The Balaban J connectivity index is 1.80. The molecule has 268 valence electrons. The first-order valence-corrected chi connectivity index (χ1v) is 16.2. The van der Waals surface area contributed by atoms with E-state index in [1.807, 2.05) is 78.9 Å². The van der Waals surface area contributed by atoms with Gasteiger partial charge in [-0.3, -0.25) is 14.5 Å². The average molecular weight is 693 g/mol. The Morgan fingerprint density at radius 1 is 0.820 bits per heavy atom. The molecule has 0 aliphatic rings. The number of Topliss-reactive ketones (excluding diaryl/α,β-unsaturated/α-hetero) is 1. The largest absolute Gasteiger partial charge is 0.445 e. The highest BCUT2D eigenvalue weighted by atomic mass is 19.1. The summed E-state index contributed by atoms with van der Waals surface area (Å²) in [5.41, 5.74) is 6.98. The first kappa shape index (κ1) is 39.0. The number of nitrogens with two attached hydrogens (primary N) is 1. The van der Waals surface area contributed by atoms with Crippen LogP contribution in [0.1, 0.15) is 56.2 Å². The maximum Gasteiger partial charge on any atom is 0.412 e. The van der Waals surface area contributed by atoms with E-state index in [4.69, 9.17) is 19.9 Å². The molecule has 3 aromatic carbocycles. The zero-order valence-electron chi connectivity index (χ0n) is 28.6. The molecule has 50 heavy (non-hydrogen) atoms. The van der Waals surface area contributed by atoms with E-state index in [0.29, 0.717) is 0 Å². The SMILES string of the molecule is CC(C)(C)OC(=O)N(CF)CC[C@H](OC(N)=O)C(=O)N(CCC(=O)CNC(=O)OCc1ccccc1)CC(c1ccccc1)c1ccccc1. The molecular formula is C37H45FN4O8. The lowest BCUT2D eigenvalue weighted by molar-refractivity contribution is -0.141. The van der Waals surface area contributed by atoms with Gasteiger partial charge in [0.1, 0.15) is 12.2 Å². The van der Waals surface area contributed by atoms with Crippen LogP contribution in [0.25, 0.3) is 0 Å². The van der Waals surface area contributed by atoms with E-state index < -0.39 is 48.5 Å². The Kier molecular flexibility index (Phi) is 15.2. The number of rotatable bonds is 17. The summed E-state index contributed by atoms with van der Waals surface area (Å²) in [6.07, 6.45) is -4.96. The molecule has 3 aromatic rings. The maximum atomic E-state index is 14.1. The van der Waals surface area contributed by atoms with Crippen LogP contribution in [0.3, 0.4) is 0 Å². The van der Waals surface area contributed by atoms with E-state index in [1.165, 1.54) is 4.90 Å². The van der Waals surface area contributed by atoms with Crippen molar-refractivity contribution < 1.29 is 42.6 Å². The fraction of sp³-hybridized carbons (Fsp3) is 0.378. The molecule has 0 fully saturated rings. The zero-order chi connectivity index (χ0) is 36.5. The van der Waals surface area contributed by atoms with Crippen molar-refractivity contribution in [2.75, 3.05) is 33.0 Å². The van der Waals surface area contributed by atoms with Crippen LogP contribution in [0.5, 0.6) is 0 Å². The third-order valence-corrected chi connectivity index (χ3v) is 7.41. The van der Waals surface area contributed by atoms with Gasteiger partial charge in [-0.25, -0.2) is 18.8 Å². The Morgan fingerprint density at radius 3 is 1.90 bits per heavy atom. The third kappa shape index (κ3) is 13.6. The van der Waals surface area contributed by atoms with Gasteiger partial charge in [0, 0.05) is 38.4 Å². The van der Waals surface area contributed by atoms with Gasteiger partial charge < -0.3 is 30.2 Å². The number of carbonyl (C=O) groups excluding carboxylic acids is 5. The highest BCUT2D eigenvalue weighted by Crippen LogP contribution is 2.26. The molecule has 0 saturated carbocycles. The van der Waals surface area contributed by atoms with Crippen LogP contribution in [0.4, 0.5) is 18.8 Å². The van der Waals surface area contributed by atoms with Crippen LogP contribution >= 0.6 is 0 Å². The Morgan fingerprint density at radius 2 is 1.38 bits per heavy atom. The summed E-state index contributed by atoms with van der Waals surface area (Å²) >= 11 is 0. The van der Waals surface area contributed by atoms with Crippen molar-refractivity contribution in [3.05, 3.63) is 108 Å². The number of amides is 4. The van der Waals surface area contributed by atoms with Gasteiger partial charge in [0.2, 0.25) is 0 Å². The van der Waals surface area contributed by atoms with Crippen molar-refractivity contribution in [2.45, 2.75) is 57.8 Å². The molecule has 12 nitrogen and oxygen atoms in total. The first-order valence-electron chi connectivity index (χ1n) is 16.2. The van der Waals surface area contributed by atoms with Gasteiger partial charge >= 0.3 is 18.3 Å². The number of benzene rings is 3. The minimum atomic E-state index is -1.52. The van der Waals surface area contributed by atoms with Crippen molar-refractivity contribution in [3.8, 4) is 0 Å². The predicted octanol–water partition coefficient (Wildman–Crippen LogP) is 5.55. The van der Waals surface area contributed by atoms with Gasteiger partial charge in [0.05, 0.1) is 6.54 Å². The number of alkyl carbamates (subject to hydrolysis) is 1. The second kappa shape index (κ2) is 19.5. The predicted molar refractivity (Wildman–Crippen MR) is 184 cm³/mol. The molecule has 0 aliphatic carbocycles. The number of carbonyl (C=O) groups is 5. The van der Waals surface area contributed by atoms with Crippen LogP contribution in [-0.4, -0.2) is 84.5 Å². The Bertz CT molecular complexity index is 1500. The van der Waals surface area contributed by atoms with Crippen molar-refractivity contribution >= 4 is 30.0 Å². The molecule has 0 radical (unpaired) electrons. The molecule has 3 N–H and O–H groups in total. The van der Waals surface area contributed by atoms with Crippen LogP contribution in [0.2, 0.25) is 0 Å². The summed E-state index contributed by atoms with van der Waals surface area (Å²) in [5.74, 6) is -1.45. The summed E-state index contributed by atoms with van der Waals surface area (Å²) in [4.78, 5) is 65.9. The van der Waals surface area contributed by atoms with E-state index in [1.54, 1.807) is 32.9 Å². The number of hydrogen-bond donors (Lipinski definition) is 2. The summed E-state index contributed by atoms with van der Waals surface area (Å²) in [6.45, 7) is 2.95. The van der Waals surface area contributed by atoms with E-state index in [-0.39, 0.29) is 51.5 Å². The normalized spacial score (nSPS) is 11.6. The molecule has 3 rings (SSSR count). The first-order chi connectivity index (χ1) is 23.9. The fourth-order valence-electron chi connectivity index (χ4n) is 4.95. The number of nitrogens with one attached hydrogen (secondary N) is 1. The van der Waals surface area contributed by atoms with Gasteiger partial charge in [-0.2, -0.15) is 0 Å². The molecule has 0 aliphatic heterocycles. The molecule has 13 heteroatoms. The lowest BCUT2D eigenvalue weighted by Crippen LogP contribution is -2.47. The number of ether oxygens (including phenoxy) is 3. The fourth-order valence-corrected chi connectivity index (χ4v) is 4.95. The number of hydrogen-bond acceptors (Lipinski definition) is 8. The molecular weight excluding hydrogens is 647 g/mol. The average Bonchev–Trinajstić information content (AvgIpc) is 3.09. The topological polar surface area (TPSA) is 158 Å². The van der Waals surface area contributed by atoms with Crippen LogP contribution in [-0.2, 0) is 30.4 Å². The zero-order valence-corrected chi connectivity index (χ0v) is 28.6. The Hall–Kier alpha value is -5.46. The summed E-state index contributed by atoms with van der Waals surface area (Å²) in [6, 6.07) is 27.9. The Labute approximate surface area is 291 Å².